The van der Waals surface area contributed by atoms with E-state index in [1.165, 1.54) is 0 Å². The molecule has 0 saturated heterocycles. The smallest absolute Gasteiger partial charge is 0.290 e. The highest BCUT2D eigenvalue weighted by Crippen LogP contribution is 2.33. The van der Waals surface area contributed by atoms with Gasteiger partial charge in [0.05, 0.1) is 5.69 Å². The van der Waals surface area contributed by atoms with E-state index in [0.717, 1.165) is 26.3 Å². The summed E-state index contributed by atoms with van der Waals surface area (Å²) in [6.07, 6.45) is 3.92. The first kappa shape index (κ1) is 18.5. The lowest BCUT2D eigenvalue weighted by molar-refractivity contribution is -0.682. The van der Waals surface area contributed by atoms with Crippen LogP contribution in [0.4, 0.5) is 5.69 Å². The Morgan fingerprint density at radius 2 is 1.61 bits per heavy atom. The van der Waals surface area contributed by atoms with Gasteiger partial charge in [0.2, 0.25) is 6.54 Å². The molecule has 0 fully saturated rings. The zero-order chi connectivity index (χ0) is 19.3. The molecule has 3 nitrogen and oxygen atoms in total. The van der Waals surface area contributed by atoms with Crippen molar-refractivity contribution in [3.8, 4) is 0 Å². The van der Waals surface area contributed by atoms with Gasteiger partial charge >= 0.3 is 0 Å². The van der Waals surface area contributed by atoms with Crippen LogP contribution in [0.25, 0.3) is 10.8 Å². The minimum atomic E-state index is -0.0653. The van der Waals surface area contributed by atoms with E-state index in [0.29, 0.717) is 5.02 Å². The Labute approximate surface area is 173 Å². The molecule has 0 aliphatic heterocycles. The fourth-order valence-corrected chi connectivity index (χ4v) is 3.95. The van der Waals surface area contributed by atoms with Crippen LogP contribution >= 0.6 is 23.4 Å². The van der Waals surface area contributed by atoms with Gasteiger partial charge in [-0.15, -0.1) is 0 Å². The van der Waals surface area contributed by atoms with Crippen LogP contribution in [0, 0.1) is 0 Å². The second-order valence-corrected chi connectivity index (χ2v) is 7.90. The van der Waals surface area contributed by atoms with Gasteiger partial charge in [-0.3, -0.25) is 4.79 Å². The van der Waals surface area contributed by atoms with Gasteiger partial charge in [-0.2, -0.15) is 4.57 Å². The molecule has 0 aliphatic carbocycles. The number of pyridine rings is 1. The molecule has 0 unspecified atom stereocenters. The van der Waals surface area contributed by atoms with E-state index >= 15 is 0 Å². The van der Waals surface area contributed by atoms with Crippen molar-refractivity contribution >= 4 is 45.7 Å². The Bertz CT molecular complexity index is 1130. The molecule has 0 atom stereocenters. The SMILES string of the molecule is O=C(C[n+]1ccc2ccccc2c1)Nc1ccccc1Sc1ccc(Cl)cc1. The minimum absolute atomic E-state index is 0.0653. The predicted molar refractivity (Wildman–Crippen MR) is 115 cm³/mol. The molecule has 138 valence electrons. The first-order valence-corrected chi connectivity index (χ1v) is 10.1. The maximum Gasteiger partial charge on any atom is 0.290 e. The number of rotatable bonds is 5. The van der Waals surface area contributed by atoms with Gasteiger partial charge < -0.3 is 5.32 Å². The highest BCUT2D eigenvalue weighted by molar-refractivity contribution is 7.99. The summed E-state index contributed by atoms with van der Waals surface area (Å²) >= 11 is 7.55. The Balaban J connectivity index is 1.48. The van der Waals surface area contributed by atoms with Crippen LogP contribution in [0.2, 0.25) is 5.02 Å². The van der Waals surface area contributed by atoms with E-state index in [4.69, 9.17) is 11.6 Å². The number of amides is 1. The number of anilines is 1. The summed E-state index contributed by atoms with van der Waals surface area (Å²) in [5, 5.41) is 6.00. The number of para-hydroxylation sites is 1. The van der Waals surface area contributed by atoms with Crippen molar-refractivity contribution in [3.05, 3.63) is 96.3 Å². The maximum atomic E-state index is 12.6. The molecule has 0 spiro atoms. The van der Waals surface area contributed by atoms with E-state index in [1.807, 2.05) is 89.8 Å². The molecule has 0 radical (unpaired) electrons. The van der Waals surface area contributed by atoms with Crippen molar-refractivity contribution in [1.29, 1.82) is 0 Å². The number of hydrogen-bond acceptors (Lipinski definition) is 2. The van der Waals surface area contributed by atoms with Crippen LogP contribution < -0.4 is 9.88 Å². The molecule has 1 N–H and O–H groups in total. The average Bonchev–Trinajstić information content (AvgIpc) is 2.71. The number of carbonyl (C=O) groups excluding carboxylic acids is 1. The second kappa shape index (κ2) is 8.46. The van der Waals surface area contributed by atoms with Crippen LogP contribution in [0.5, 0.6) is 0 Å². The molecule has 28 heavy (non-hydrogen) atoms. The van der Waals surface area contributed by atoms with Crippen molar-refractivity contribution in [2.45, 2.75) is 16.3 Å². The van der Waals surface area contributed by atoms with E-state index in [9.17, 15) is 4.79 Å². The zero-order valence-electron chi connectivity index (χ0n) is 15.0. The monoisotopic (exact) mass is 405 g/mol. The summed E-state index contributed by atoms with van der Waals surface area (Å²) in [6.45, 7) is 0.255. The Kier molecular flexibility index (Phi) is 5.60. The van der Waals surface area contributed by atoms with Gasteiger partial charge in [-0.1, -0.05) is 53.7 Å². The van der Waals surface area contributed by atoms with E-state index in [1.54, 1.807) is 11.8 Å². The lowest BCUT2D eigenvalue weighted by atomic mass is 10.2. The fraction of sp³-hybridized carbons (Fsp3) is 0.0435. The fourth-order valence-electron chi connectivity index (χ4n) is 2.92. The summed E-state index contributed by atoms with van der Waals surface area (Å²) in [4.78, 5) is 14.7. The molecular formula is C23H18ClN2OS+. The molecule has 1 heterocycles. The predicted octanol–water partition coefficient (Wildman–Crippen LogP) is 5.57. The molecule has 0 saturated carbocycles. The number of halogens is 1. The summed E-state index contributed by atoms with van der Waals surface area (Å²) in [5.74, 6) is -0.0653. The van der Waals surface area contributed by atoms with Gasteiger partial charge in [0.15, 0.2) is 12.4 Å². The summed E-state index contributed by atoms with van der Waals surface area (Å²) in [7, 11) is 0. The van der Waals surface area contributed by atoms with Crippen LogP contribution in [-0.4, -0.2) is 5.91 Å². The van der Waals surface area contributed by atoms with E-state index in [2.05, 4.69) is 11.4 Å². The molecule has 1 aromatic heterocycles. The number of fused-ring (bicyclic) bond motifs is 1. The molecule has 5 heteroatoms. The van der Waals surface area contributed by atoms with Gasteiger partial charge in [0.25, 0.3) is 5.91 Å². The van der Waals surface area contributed by atoms with Crippen LogP contribution in [-0.2, 0) is 11.3 Å². The molecule has 0 bridgehead atoms. The summed E-state index contributed by atoms with van der Waals surface area (Å²) < 4.78 is 1.90. The largest absolute Gasteiger partial charge is 0.320 e. The number of hydrogen-bond donors (Lipinski definition) is 1. The average molecular weight is 406 g/mol. The first-order valence-electron chi connectivity index (χ1n) is 8.87. The lowest BCUT2D eigenvalue weighted by Gasteiger charge is -2.10. The van der Waals surface area contributed by atoms with Gasteiger partial charge in [-0.05, 0) is 47.9 Å². The third-order valence-electron chi connectivity index (χ3n) is 4.28. The third kappa shape index (κ3) is 4.53. The van der Waals surface area contributed by atoms with Crippen molar-refractivity contribution in [2.24, 2.45) is 0 Å². The number of carbonyl (C=O) groups is 1. The molecule has 4 aromatic rings. The van der Waals surface area contributed by atoms with E-state index < -0.39 is 0 Å². The Hall–Kier alpha value is -2.82. The third-order valence-corrected chi connectivity index (χ3v) is 5.61. The van der Waals surface area contributed by atoms with Crippen LogP contribution in [0.1, 0.15) is 0 Å². The van der Waals surface area contributed by atoms with Crippen LogP contribution in [0.15, 0.2) is 101 Å². The van der Waals surface area contributed by atoms with Crippen molar-refractivity contribution in [2.75, 3.05) is 5.32 Å². The quantitative estimate of drug-likeness (QED) is 0.440. The van der Waals surface area contributed by atoms with Crippen molar-refractivity contribution in [3.63, 3.8) is 0 Å². The molecule has 0 aliphatic rings. The standard InChI is InChI=1S/C23H17ClN2OS/c24-19-9-11-20(12-10-19)28-22-8-4-3-7-21(22)25-23(27)16-26-14-13-17-5-1-2-6-18(17)15-26/h1-15H,16H2/p+1. The molecule has 3 aromatic carbocycles. The van der Waals surface area contributed by atoms with Crippen molar-refractivity contribution in [1.82, 2.24) is 0 Å². The lowest BCUT2D eigenvalue weighted by Crippen LogP contribution is -2.39. The zero-order valence-corrected chi connectivity index (χ0v) is 16.6. The van der Waals surface area contributed by atoms with Gasteiger partial charge in [-0.25, -0.2) is 0 Å². The number of nitrogens with one attached hydrogen (secondary N) is 1. The number of nitrogens with zero attached hydrogens (tertiary/aromatic N) is 1. The molecule has 4 rings (SSSR count). The van der Waals surface area contributed by atoms with Gasteiger partial charge in [0.1, 0.15) is 0 Å². The topological polar surface area (TPSA) is 33.0 Å². The minimum Gasteiger partial charge on any atom is -0.320 e. The second-order valence-electron chi connectivity index (χ2n) is 6.35. The Morgan fingerprint density at radius 1 is 0.893 bits per heavy atom. The molecular weight excluding hydrogens is 388 g/mol. The Morgan fingerprint density at radius 3 is 2.43 bits per heavy atom. The number of benzene rings is 3. The highest BCUT2D eigenvalue weighted by Gasteiger charge is 2.13. The summed E-state index contributed by atoms with van der Waals surface area (Å²) in [5.41, 5.74) is 0.800. The van der Waals surface area contributed by atoms with Gasteiger partial charge in [0, 0.05) is 26.3 Å². The van der Waals surface area contributed by atoms with E-state index in [-0.39, 0.29) is 12.5 Å². The maximum absolute atomic E-state index is 12.6. The highest BCUT2D eigenvalue weighted by atomic mass is 35.5. The first-order chi connectivity index (χ1) is 13.7. The van der Waals surface area contributed by atoms with Crippen molar-refractivity contribution < 1.29 is 9.36 Å². The number of aromatic nitrogens is 1. The van der Waals surface area contributed by atoms with Crippen LogP contribution in [0.3, 0.4) is 0 Å². The summed E-state index contributed by atoms with van der Waals surface area (Å²) in [6, 6.07) is 25.6. The molecule has 1 amide bonds. The normalized spacial score (nSPS) is 10.8.